The van der Waals surface area contributed by atoms with Crippen LogP contribution in [0.1, 0.15) is 12.8 Å². The molecule has 0 bridgehead atoms. The number of nitrogens with two attached hydrogens (primary N) is 1. The normalized spacial score (nSPS) is 11.2. The molecule has 0 aromatic heterocycles. The van der Waals surface area contributed by atoms with E-state index >= 15 is 0 Å². The summed E-state index contributed by atoms with van der Waals surface area (Å²) in [5.41, 5.74) is 5.11. The predicted molar refractivity (Wildman–Crippen MR) is 36.9 cm³/mol. The summed E-state index contributed by atoms with van der Waals surface area (Å²) in [6.45, 7) is 0. The molecule has 0 aromatic carbocycles. The zero-order valence-electron chi connectivity index (χ0n) is 6.54. The minimum atomic E-state index is -1.10. The first-order chi connectivity index (χ1) is 5.07. The quantitative estimate of drug-likeness (QED) is 0.489. The molecule has 0 aliphatic rings. The third-order valence-corrected chi connectivity index (χ3v) is 1.20. The maximum atomic E-state index is 10.5. The van der Waals surface area contributed by atoms with Crippen molar-refractivity contribution in [1.82, 2.24) is 0 Å². The average Bonchev–Trinajstić information content (AvgIpc) is 1.99. The van der Waals surface area contributed by atoms with Gasteiger partial charge in [-0.05, 0) is 6.42 Å². The molecule has 0 heterocycles. The van der Waals surface area contributed by atoms with Gasteiger partial charge >= 0.3 is 11.9 Å². The Bertz CT molecular complexity index is 162. The van der Waals surface area contributed by atoms with Crippen LogP contribution in [0, 0.1) is 0 Å². The summed E-state index contributed by atoms with van der Waals surface area (Å²) < 4.78 is 4.29. The number of aliphatic carboxylic acids is 1. The van der Waals surface area contributed by atoms with Crippen molar-refractivity contribution in [1.29, 1.82) is 0 Å². The number of carbonyl (C=O) groups is 2. The molecule has 75 valence electrons. The van der Waals surface area contributed by atoms with E-state index < -0.39 is 18.0 Å². The monoisotopic (exact) mass is 224 g/mol. The zero-order valence-corrected chi connectivity index (χ0v) is 7.48. The second-order valence-corrected chi connectivity index (χ2v) is 2.06. The Morgan fingerprint density at radius 3 is 2.42 bits per heavy atom. The molecule has 0 amide bonds. The number of carboxylic acids is 1. The summed E-state index contributed by atoms with van der Waals surface area (Å²) in [6.07, 6.45) is 0.159. The van der Waals surface area contributed by atoms with Gasteiger partial charge in [-0.25, -0.2) is 0 Å². The van der Waals surface area contributed by atoms with E-state index in [-0.39, 0.29) is 29.9 Å². The molecule has 1 atom stereocenters. The van der Waals surface area contributed by atoms with Crippen LogP contribution in [0.4, 0.5) is 0 Å². The van der Waals surface area contributed by atoms with Crippen LogP contribution in [0.2, 0.25) is 0 Å². The van der Waals surface area contributed by atoms with Crippen LogP contribution in [-0.4, -0.2) is 30.2 Å². The largest absolute Gasteiger partial charge is 0.480 e. The van der Waals surface area contributed by atoms with Crippen molar-refractivity contribution in [2.75, 3.05) is 7.11 Å². The smallest absolute Gasteiger partial charge is 0.320 e. The van der Waals surface area contributed by atoms with E-state index in [0.717, 1.165) is 0 Å². The summed E-state index contributed by atoms with van der Waals surface area (Å²) in [4.78, 5) is 20.6. The van der Waals surface area contributed by atoms with Crippen LogP contribution in [0.25, 0.3) is 0 Å². The van der Waals surface area contributed by atoms with Crippen molar-refractivity contribution in [2.24, 2.45) is 5.73 Å². The van der Waals surface area contributed by atoms with E-state index in [1.807, 2.05) is 0 Å². The van der Waals surface area contributed by atoms with E-state index in [1.54, 1.807) is 0 Å². The van der Waals surface area contributed by atoms with E-state index in [1.165, 1.54) is 7.11 Å². The number of esters is 1. The number of carboxylic acid groups (broad SMARTS) is 1. The summed E-state index contributed by atoms with van der Waals surface area (Å²) in [7, 11) is 1.24. The maximum Gasteiger partial charge on any atom is 0.320 e. The summed E-state index contributed by atoms with van der Waals surface area (Å²) in [6, 6.07) is -0.978. The number of hydrogen-bond donors (Lipinski definition) is 2. The average molecular weight is 225 g/mol. The first-order valence-corrected chi connectivity index (χ1v) is 3.13. The molecule has 0 saturated carbocycles. The maximum absolute atomic E-state index is 10.5. The SMILES string of the molecule is COC(=O)CC[C@H](N)C(=O)O.[Cu]. The topological polar surface area (TPSA) is 89.6 Å². The van der Waals surface area contributed by atoms with Gasteiger partial charge in [-0.3, -0.25) is 9.59 Å². The number of hydrogen-bond acceptors (Lipinski definition) is 4. The van der Waals surface area contributed by atoms with Gasteiger partial charge in [0.25, 0.3) is 0 Å². The Labute approximate surface area is 80.7 Å². The fourth-order valence-electron chi connectivity index (χ4n) is 0.499. The Hall–Kier alpha value is -0.581. The third kappa shape index (κ3) is 6.15. The fraction of sp³-hybridized carbons (Fsp3) is 0.667. The number of methoxy groups -OCH3 is 1. The Morgan fingerprint density at radius 1 is 1.58 bits per heavy atom. The van der Waals surface area contributed by atoms with Crippen LogP contribution < -0.4 is 5.73 Å². The Kier molecular flexibility index (Phi) is 8.25. The summed E-state index contributed by atoms with van der Waals surface area (Å²) in [5.74, 6) is -1.55. The van der Waals surface area contributed by atoms with Crippen molar-refractivity contribution < 1.29 is 36.5 Å². The van der Waals surface area contributed by atoms with Gasteiger partial charge in [0, 0.05) is 23.5 Å². The minimum Gasteiger partial charge on any atom is -0.480 e. The first kappa shape index (κ1) is 14.0. The zero-order chi connectivity index (χ0) is 8.85. The summed E-state index contributed by atoms with van der Waals surface area (Å²) >= 11 is 0. The number of carbonyl (C=O) groups excluding carboxylic acids is 1. The van der Waals surface area contributed by atoms with Crippen LogP contribution in [-0.2, 0) is 31.4 Å². The summed E-state index contributed by atoms with van der Waals surface area (Å²) in [5, 5.41) is 8.29. The van der Waals surface area contributed by atoms with Crippen molar-refractivity contribution in [3.63, 3.8) is 0 Å². The van der Waals surface area contributed by atoms with Gasteiger partial charge in [0.15, 0.2) is 0 Å². The Balaban J connectivity index is 0. The molecular formula is C6H11CuNO4. The van der Waals surface area contributed by atoms with E-state index in [4.69, 9.17) is 10.8 Å². The molecule has 0 aliphatic heterocycles. The second kappa shape index (κ2) is 7.09. The predicted octanol–water partition coefficient (Wildman–Crippen LogP) is -0.651. The molecule has 5 nitrogen and oxygen atoms in total. The molecule has 3 N–H and O–H groups in total. The number of rotatable bonds is 4. The van der Waals surface area contributed by atoms with Crippen molar-refractivity contribution in [2.45, 2.75) is 18.9 Å². The van der Waals surface area contributed by atoms with E-state index in [0.29, 0.717) is 0 Å². The van der Waals surface area contributed by atoms with Gasteiger partial charge in [-0.15, -0.1) is 0 Å². The molecule has 0 aliphatic carbocycles. The second-order valence-electron chi connectivity index (χ2n) is 2.06. The van der Waals surface area contributed by atoms with Crippen molar-refractivity contribution in [3.8, 4) is 0 Å². The minimum absolute atomic E-state index is 0. The van der Waals surface area contributed by atoms with Crippen LogP contribution in [0.15, 0.2) is 0 Å². The van der Waals surface area contributed by atoms with Gasteiger partial charge in [0.1, 0.15) is 6.04 Å². The van der Waals surface area contributed by atoms with Crippen LogP contribution in [0.5, 0.6) is 0 Å². The molecule has 0 aromatic rings. The van der Waals surface area contributed by atoms with Gasteiger partial charge in [-0.1, -0.05) is 0 Å². The van der Waals surface area contributed by atoms with Gasteiger partial charge in [0.05, 0.1) is 7.11 Å². The fourth-order valence-corrected chi connectivity index (χ4v) is 0.499. The molecule has 0 spiro atoms. The van der Waals surface area contributed by atoms with Gasteiger partial charge in [0.2, 0.25) is 0 Å². The third-order valence-electron chi connectivity index (χ3n) is 1.20. The van der Waals surface area contributed by atoms with Gasteiger partial charge < -0.3 is 15.6 Å². The van der Waals surface area contributed by atoms with E-state index in [9.17, 15) is 9.59 Å². The van der Waals surface area contributed by atoms with Crippen molar-refractivity contribution in [3.05, 3.63) is 0 Å². The molecule has 0 fully saturated rings. The van der Waals surface area contributed by atoms with Crippen LogP contribution in [0.3, 0.4) is 0 Å². The number of ether oxygens (including phenoxy) is 1. The van der Waals surface area contributed by atoms with Crippen molar-refractivity contribution >= 4 is 11.9 Å². The molecule has 12 heavy (non-hydrogen) atoms. The standard InChI is InChI=1S/C6H11NO4.Cu/c1-11-5(8)3-2-4(7)6(9)10;/h4H,2-3,7H2,1H3,(H,9,10);/t4-;/m0./s1. The van der Waals surface area contributed by atoms with E-state index in [2.05, 4.69) is 4.74 Å². The van der Waals surface area contributed by atoms with Crippen LogP contribution >= 0.6 is 0 Å². The van der Waals surface area contributed by atoms with Gasteiger partial charge in [-0.2, -0.15) is 0 Å². The molecule has 0 saturated heterocycles. The molecule has 6 heteroatoms. The molecule has 1 radical (unpaired) electrons. The molecule has 0 unspecified atom stereocenters. The Morgan fingerprint density at radius 2 is 2.08 bits per heavy atom. The molecular weight excluding hydrogens is 214 g/mol. The first-order valence-electron chi connectivity index (χ1n) is 3.13. The molecule has 0 rings (SSSR count).